The maximum absolute atomic E-state index is 12.9. The number of ether oxygens (including phenoxy) is 1. The van der Waals surface area contributed by atoms with Crippen LogP contribution in [0.3, 0.4) is 0 Å². The molecule has 0 aromatic rings. The Balaban J connectivity index is 6.44. The van der Waals surface area contributed by atoms with E-state index in [1.807, 2.05) is 0 Å². The van der Waals surface area contributed by atoms with Gasteiger partial charge in [-0.05, 0) is 0 Å². The summed E-state index contributed by atoms with van der Waals surface area (Å²) < 4.78 is 139. The Morgan fingerprint density at radius 3 is 1.43 bits per heavy atom. The van der Waals surface area contributed by atoms with Crippen LogP contribution in [0.1, 0.15) is 0 Å². The molecule has 0 atom stereocenters. The monoisotopic (exact) mass is 338 g/mol. The molecule has 1 nitrogen and oxygen atoms in total. The summed E-state index contributed by atoms with van der Waals surface area (Å²) in [6.45, 7) is 1.30. The van der Waals surface area contributed by atoms with Crippen LogP contribution < -0.4 is 0 Å². The minimum atomic E-state index is -6.72. The average molecular weight is 338 g/mol. The maximum Gasteiger partial charge on any atom is 0.461 e. The predicted molar refractivity (Wildman–Crippen MR) is 46.3 cm³/mol. The fraction of sp³-hybridized carbons (Fsp3) is 0.556. The first kappa shape index (κ1) is 19.5. The van der Waals surface area contributed by atoms with Gasteiger partial charge in [0.2, 0.25) is 0 Å². The van der Waals surface area contributed by atoms with E-state index in [1.54, 1.807) is 0 Å². The number of alkyl halides is 11. The lowest BCUT2D eigenvalue weighted by Gasteiger charge is -2.26. The van der Waals surface area contributed by atoms with E-state index in [9.17, 15) is 48.3 Å². The zero-order valence-electron chi connectivity index (χ0n) is 9.56. The van der Waals surface area contributed by atoms with E-state index in [2.05, 4.69) is 11.3 Å². The number of allylic oxidation sites excluding steroid dienone is 2. The van der Waals surface area contributed by atoms with Gasteiger partial charge in [-0.15, -0.1) is 0 Å². The molecule has 0 unspecified atom stereocenters. The predicted octanol–water partition coefficient (Wildman–Crippen LogP) is 4.77. The van der Waals surface area contributed by atoms with Crippen molar-refractivity contribution in [1.29, 1.82) is 0 Å². The zero-order valence-corrected chi connectivity index (χ0v) is 9.56. The van der Waals surface area contributed by atoms with E-state index < -0.39 is 42.4 Å². The normalized spacial score (nSPS) is 13.9. The second kappa shape index (κ2) is 5.72. The summed E-state index contributed by atoms with van der Waals surface area (Å²) in [5.74, 6) is -10.1. The van der Waals surface area contributed by atoms with Gasteiger partial charge in [0.25, 0.3) is 0 Å². The Morgan fingerprint density at radius 1 is 0.810 bits per heavy atom. The van der Waals surface area contributed by atoms with Crippen LogP contribution in [0.25, 0.3) is 0 Å². The molecule has 0 amide bonds. The lowest BCUT2D eigenvalue weighted by Crippen LogP contribution is -2.43. The third-order valence-electron chi connectivity index (χ3n) is 1.78. The van der Waals surface area contributed by atoms with Gasteiger partial charge in [-0.25, -0.2) is 0 Å². The van der Waals surface area contributed by atoms with Crippen molar-refractivity contribution >= 4 is 0 Å². The molecule has 0 bridgehead atoms. The largest absolute Gasteiger partial charge is 0.487 e. The molecular formula is C9H5F11O. The standard InChI is InChI=1S/C9H5F11O/c1-2-3-21-5(6(10,11)9(18,19)20)4(7(12,13)14)8(15,16)17/h2H,1,3H2. The van der Waals surface area contributed by atoms with Gasteiger partial charge in [-0.1, -0.05) is 12.7 Å². The molecule has 0 aromatic heterocycles. The first-order chi connectivity index (χ1) is 9.06. The quantitative estimate of drug-likeness (QED) is 0.408. The molecule has 0 aliphatic carbocycles. The van der Waals surface area contributed by atoms with Crippen molar-refractivity contribution in [3.8, 4) is 0 Å². The third kappa shape index (κ3) is 4.49. The summed E-state index contributed by atoms with van der Waals surface area (Å²) in [6.07, 6.45) is -19.4. The van der Waals surface area contributed by atoms with Crippen molar-refractivity contribution in [1.82, 2.24) is 0 Å². The fourth-order valence-corrected chi connectivity index (χ4v) is 1.01. The molecule has 0 saturated heterocycles. The molecule has 21 heavy (non-hydrogen) atoms. The van der Waals surface area contributed by atoms with E-state index in [1.165, 1.54) is 0 Å². The van der Waals surface area contributed by atoms with Crippen LogP contribution in [0.2, 0.25) is 0 Å². The highest BCUT2D eigenvalue weighted by atomic mass is 19.4. The Bertz CT molecular complexity index is 393. The van der Waals surface area contributed by atoms with Gasteiger partial charge < -0.3 is 4.74 Å². The summed E-state index contributed by atoms with van der Waals surface area (Å²) in [7, 11) is 0. The highest BCUT2D eigenvalue weighted by Gasteiger charge is 2.67. The molecule has 0 spiro atoms. The fourth-order valence-electron chi connectivity index (χ4n) is 1.01. The molecule has 0 saturated carbocycles. The van der Waals surface area contributed by atoms with Gasteiger partial charge in [-0.2, -0.15) is 48.3 Å². The lowest BCUT2D eigenvalue weighted by molar-refractivity contribution is -0.281. The average Bonchev–Trinajstić information content (AvgIpc) is 2.17. The molecule has 0 aliphatic heterocycles. The van der Waals surface area contributed by atoms with Crippen LogP contribution in [0.5, 0.6) is 0 Å². The topological polar surface area (TPSA) is 9.23 Å². The van der Waals surface area contributed by atoms with Crippen molar-refractivity contribution in [2.45, 2.75) is 24.5 Å². The van der Waals surface area contributed by atoms with Gasteiger partial charge in [0.15, 0.2) is 11.3 Å². The minimum Gasteiger partial charge on any atom is -0.487 e. The van der Waals surface area contributed by atoms with Crippen LogP contribution in [0.15, 0.2) is 24.0 Å². The van der Waals surface area contributed by atoms with Crippen LogP contribution in [0.4, 0.5) is 48.3 Å². The van der Waals surface area contributed by atoms with Gasteiger partial charge in [-0.3, -0.25) is 0 Å². The lowest BCUT2D eigenvalue weighted by atomic mass is 10.1. The molecule has 0 aromatic carbocycles. The van der Waals surface area contributed by atoms with E-state index in [0.717, 1.165) is 0 Å². The Hall–Kier alpha value is -1.49. The van der Waals surface area contributed by atoms with Crippen LogP contribution in [-0.4, -0.2) is 31.1 Å². The summed E-state index contributed by atoms with van der Waals surface area (Å²) >= 11 is 0. The summed E-state index contributed by atoms with van der Waals surface area (Å²) in [5.41, 5.74) is -4.07. The summed E-state index contributed by atoms with van der Waals surface area (Å²) in [6, 6.07) is 0. The number of rotatable bonds is 4. The van der Waals surface area contributed by atoms with Gasteiger partial charge in [0.05, 0.1) is 0 Å². The highest BCUT2D eigenvalue weighted by molar-refractivity contribution is 5.26. The second-order valence-electron chi connectivity index (χ2n) is 3.37. The molecule has 0 heterocycles. The number of halogens is 11. The Kier molecular flexibility index (Phi) is 5.31. The summed E-state index contributed by atoms with van der Waals surface area (Å²) in [5, 5.41) is 0. The smallest absolute Gasteiger partial charge is 0.461 e. The van der Waals surface area contributed by atoms with Crippen molar-refractivity contribution in [3.63, 3.8) is 0 Å². The van der Waals surface area contributed by atoms with E-state index >= 15 is 0 Å². The van der Waals surface area contributed by atoms with E-state index in [-0.39, 0.29) is 0 Å². The Morgan fingerprint density at radius 2 is 1.19 bits per heavy atom. The SMILES string of the molecule is C=CCOC(=C(C(F)(F)F)C(F)(F)F)C(F)(F)C(F)(F)F. The van der Waals surface area contributed by atoms with Crippen molar-refractivity contribution < 1.29 is 53.0 Å². The molecule has 0 rings (SSSR count). The number of hydrogen-bond acceptors (Lipinski definition) is 1. The molecule has 124 valence electrons. The second-order valence-corrected chi connectivity index (χ2v) is 3.37. The molecule has 0 N–H and O–H groups in total. The minimum absolute atomic E-state index is 0.400. The molecule has 0 fully saturated rings. The molecular weight excluding hydrogens is 333 g/mol. The number of hydrogen-bond donors (Lipinski definition) is 0. The van der Waals surface area contributed by atoms with Gasteiger partial charge in [0.1, 0.15) is 6.61 Å². The summed E-state index contributed by atoms with van der Waals surface area (Å²) in [4.78, 5) is 0. The van der Waals surface area contributed by atoms with E-state index in [4.69, 9.17) is 0 Å². The van der Waals surface area contributed by atoms with Crippen molar-refractivity contribution in [2.24, 2.45) is 0 Å². The Labute approximate surface area is 109 Å². The van der Waals surface area contributed by atoms with Crippen molar-refractivity contribution in [2.75, 3.05) is 6.61 Å². The van der Waals surface area contributed by atoms with Gasteiger partial charge >= 0.3 is 24.5 Å². The highest BCUT2D eigenvalue weighted by Crippen LogP contribution is 2.49. The first-order valence-electron chi connectivity index (χ1n) is 4.64. The van der Waals surface area contributed by atoms with Crippen LogP contribution in [-0.2, 0) is 4.74 Å². The van der Waals surface area contributed by atoms with Crippen LogP contribution >= 0.6 is 0 Å². The third-order valence-corrected chi connectivity index (χ3v) is 1.78. The van der Waals surface area contributed by atoms with Gasteiger partial charge in [0, 0.05) is 0 Å². The molecule has 0 aliphatic rings. The molecule has 12 heteroatoms. The van der Waals surface area contributed by atoms with Crippen LogP contribution in [0, 0.1) is 0 Å². The molecule has 0 radical (unpaired) electrons. The maximum atomic E-state index is 12.9. The van der Waals surface area contributed by atoms with E-state index in [0.29, 0.717) is 6.08 Å². The zero-order chi connectivity index (χ0) is 17.3. The first-order valence-corrected chi connectivity index (χ1v) is 4.64. The van der Waals surface area contributed by atoms with Crippen molar-refractivity contribution in [3.05, 3.63) is 24.0 Å².